The van der Waals surface area contributed by atoms with E-state index in [-0.39, 0.29) is 11.6 Å². The van der Waals surface area contributed by atoms with E-state index >= 15 is 0 Å². The molecular formula is C20H20F3N5. The Morgan fingerprint density at radius 1 is 1.21 bits per heavy atom. The summed E-state index contributed by atoms with van der Waals surface area (Å²) in [7, 11) is 1.98. The molecule has 1 aromatic heterocycles. The lowest BCUT2D eigenvalue weighted by Crippen LogP contribution is -2.35. The maximum atomic E-state index is 12.9. The predicted molar refractivity (Wildman–Crippen MR) is 99.2 cm³/mol. The van der Waals surface area contributed by atoms with Crippen molar-refractivity contribution in [3.05, 3.63) is 47.4 Å². The molecule has 2 heterocycles. The molecule has 4 rings (SSSR count). The molecule has 2 fully saturated rings. The minimum atomic E-state index is -4.45. The highest BCUT2D eigenvalue weighted by Crippen LogP contribution is 2.38. The molecule has 1 unspecified atom stereocenters. The van der Waals surface area contributed by atoms with Gasteiger partial charge in [-0.05, 0) is 43.5 Å². The Balaban J connectivity index is 1.51. The number of alkyl halides is 3. The summed E-state index contributed by atoms with van der Waals surface area (Å²) in [6, 6.07) is 7.33. The summed E-state index contributed by atoms with van der Waals surface area (Å²) in [5.41, 5.74) is -0.196. The predicted octanol–water partition coefficient (Wildman–Crippen LogP) is 3.96. The summed E-state index contributed by atoms with van der Waals surface area (Å²) >= 11 is 0. The van der Waals surface area contributed by atoms with Crippen molar-refractivity contribution < 1.29 is 13.2 Å². The topological polar surface area (TPSA) is 56.1 Å². The van der Waals surface area contributed by atoms with Crippen LogP contribution in [0, 0.1) is 11.3 Å². The second-order valence-corrected chi connectivity index (χ2v) is 7.39. The average Bonchev–Trinajstić information content (AvgIpc) is 3.43. The van der Waals surface area contributed by atoms with Crippen molar-refractivity contribution in [3.63, 3.8) is 0 Å². The van der Waals surface area contributed by atoms with Crippen LogP contribution in [0.3, 0.4) is 0 Å². The summed E-state index contributed by atoms with van der Waals surface area (Å²) in [5.74, 6) is 2.21. The van der Waals surface area contributed by atoms with Crippen molar-refractivity contribution in [2.75, 3.05) is 29.9 Å². The lowest BCUT2D eigenvalue weighted by molar-refractivity contribution is -0.137. The first-order valence-corrected chi connectivity index (χ1v) is 9.29. The highest BCUT2D eigenvalue weighted by molar-refractivity contribution is 5.62. The van der Waals surface area contributed by atoms with Gasteiger partial charge in [0.05, 0.1) is 16.8 Å². The zero-order valence-electron chi connectivity index (χ0n) is 15.4. The number of nitrogens with zero attached hydrogens (tertiary/aromatic N) is 5. The van der Waals surface area contributed by atoms with E-state index in [1.54, 1.807) is 6.20 Å². The molecule has 28 heavy (non-hydrogen) atoms. The Morgan fingerprint density at radius 3 is 2.68 bits per heavy atom. The van der Waals surface area contributed by atoms with Crippen LogP contribution in [-0.4, -0.2) is 36.1 Å². The third-order valence-corrected chi connectivity index (χ3v) is 5.46. The van der Waals surface area contributed by atoms with Crippen LogP contribution in [0.4, 0.5) is 24.7 Å². The molecule has 5 nitrogen and oxygen atoms in total. The molecule has 1 saturated heterocycles. The van der Waals surface area contributed by atoms with Gasteiger partial charge in [-0.1, -0.05) is 0 Å². The minimum absolute atomic E-state index is 0.0520. The zero-order valence-corrected chi connectivity index (χ0v) is 15.4. The van der Waals surface area contributed by atoms with Gasteiger partial charge in [0.15, 0.2) is 0 Å². The fourth-order valence-electron chi connectivity index (χ4n) is 3.64. The van der Waals surface area contributed by atoms with Crippen molar-refractivity contribution in [3.8, 4) is 6.07 Å². The summed E-state index contributed by atoms with van der Waals surface area (Å²) < 4.78 is 38.8. The molecule has 0 spiro atoms. The maximum absolute atomic E-state index is 12.9. The van der Waals surface area contributed by atoms with Crippen molar-refractivity contribution in [2.24, 2.45) is 0 Å². The van der Waals surface area contributed by atoms with Crippen LogP contribution >= 0.6 is 0 Å². The minimum Gasteiger partial charge on any atom is -0.368 e. The molecule has 2 aromatic rings. The molecule has 8 heteroatoms. The summed E-state index contributed by atoms with van der Waals surface area (Å²) in [6.07, 6.45) is 0.433. The normalized spacial score (nSPS) is 19.5. The number of hydrogen-bond donors (Lipinski definition) is 0. The molecule has 1 aliphatic heterocycles. The van der Waals surface area contributed by atoms with E-state index in [1.165, 1.54) is 6.07 Å². The molecule has 0 N–H and O–H groups in total. The van der Waals surface area contributed by atoms with Gasteiger partial charge in [0, 0.05) is 38.3 Å². The molecule has 1 atom stereocenters. The molecule has 146 valence electrons. The third kappa shape index (κ3) is 3.61. The largest absolute Gasteiger partial charge is 0.416 e. The number of halogens is 3. The van der Waals surface area contributed by atoms with Crippen LogP contribution in [-0.2, 0) is 6.18 Å². The average molecular weight is 387 g/mol. The lowest BCUT2D eigenvalue weighted by atomic mass is 10.1. The summed E-state index contributed by atoms with van der Waals surface area (Å²) in [6.45, 7) is 1.30. The molecule has 1 aliphatic carbocycles. The summed E-state index contributed by atoms with van der Waals surface area (Å²) in [4.78, 5) is 13.1. The highest BCUT2D eigenvalue weighted by Gasteiger charge is 2.33. The van der Waals surface area contributed by atoms with E-state index in [4.69, 9.17) is 0 Å². The number of rotatable bonds is 4. The van der Waals surface area contributed by atoms with Gasteiger partial charge >= 0.3 is 6.18 Å². The van der Waals surface area contributed by atoms with Crippen molar-refractivity contribution >= 4 is 11.5 Å². The van der Waals surface area contributed by atoms with E-state index in [9.17, 15) is 18.4 Å². The quantitative estimate of drug-likeness (QED) is 0.795. The number of benzene rings is 1. The Morgan fingerprint density at radius 2 is 2.00 bits per heavy atom. The molecule has 2 aliphatic rings. The summed E-state index contributed by atoms with van der Waals surface area (Å²) in [5, 5.41) is 9.34. The Kier molecular flexibility index (Phi) is 4.61. The van der Waals surface area contributed by atoms with Crippen molar-refractivity contribution in [1.29, 1.82) is 5.26 Å². The first-order valence-electron chi connectivity index (χ1n) is 9.29. The monoisotopic (exact) mass is 387 g/mol. The second kappa shape index (κ2) is 6.97. The van der Waals surface area contributed by atoms with E-state index in [0.717, 1.165) is 43.0 Å². The first-order chi connectivity index (χ1) is 13.4. The van der Waals surface area contributed by atoms with E-state index < -0.39 is 11.7 Å². The van der Waals surface area contributed by atoms with Gasteiger partial charge in [-0.25, -0.2) is 9.97 Å². The number of nitriles is 1. The highest BCUT2D eigenvalue weighted by atomic mass is 19.4. The van der Waals surface area contributed by atoms with Gasteiger partial charge in [-0.3, -0.25) is 0 Å². The fraction of sp³-hybridized carbons (Fsp3) is 0.450. The SMILES string of the molecule is CN(c1ccnc(C2CC2)n1)C1CCN(c2ccc(C(F)(F)F)cc2C#N)C1. The van der Waals surface area contributed by atoms with E-state index in [0.29, 0.717) is 24.7 Å². The van der Waals surface area contributed by atoms with Crippen LogP contribution in [0.2, 0.25) is 0 Å². The van der Waals surface area contributed by atoms with Gasteiger partial charge in [-0.2, -0.15) is 18.4 Å². The molecule has 1 aromatic carbocycles. The Hall–Kier alpha value is -2.82. The van der Waals surface area contributed by atoms with Gasteiger partial charge in [0.25, 0.3) is 0 Å². The van der Waals surface area contributed by atoms with Crippen LogP contribution < -0.4 is 9.80 Å². The fourth-order valence-corrected chi connectivity index (χ4v) is 3.64. The van der Waals surface area contributed by atoms with Gasteiger partial charge < -0.3 is 9.80 Å². The molecule has 0 amide bonds. The van der Waals surface area contributed by atoms with Crippen molar-refractivity contribution in [1.82, 2.24) is 9.97 Å². The van der Waals surface area contributed by atoms with Crippen LogP contribution in [0.15, 0.2) is 30.5 Å². The van der Waals surface area contributed by atoms with Crippen LogP contribution in [0.1, 0.15) is 42.1 Å². The lowest BCUT2D eigenvalue weighted by Gasteiger charge is -2.27. The second-order valence-electron chi connectivity index (χ2n) is 7.39. The Bertz CT molecular complexity index is 917. The molecular weight excluding hydrogens is 367 g/mol. The number of aromatic nitrogens is 2. The van der Waals surface area contributed by atoms with E-state index in [2.05, 4.69) is 14.9 Å². The van der Waals surface area contributed by atoms with Crippen molar-refractivity contribution in [2.45, 2.75) is 37.4 Å². The molecule has 1 saturated carbocycles. The first kappa shape index (κ1) is 18.5. The standard InChI is InChI=1S/C20H20F3N5/c1-27(18-6-8-25-19(26-18)13-2-3-13)16-7-9-28(12-16)17-5-4-15(20(21,22)23)10-14(17)11-24/h4-6,8,10,13,16H,2-3,7,9,12H2,1H3. The van der Waals surface area contributed by atoms with Gasteiger partial charge in [-0.15, -0.1) is 0 Å². The molecule has 0 bridgehead atoms. The number of hydrogen-bond acceptors (Lipinski definition) is 5. The van der Waals surface area contributed by atoms with Gasteiger partial charge in [0.2, 0.25) is 0 Å². The number of likely N-dealkylation sites (N-methyl/N-ethyl adjacent to an activating group) is 1. The molecule has 0 radical (unpaired) electrons. The zero-order chi connectivity index (χ0) is 19.9. The van der Waals surface area contributed by atoms with Crippen LogP contribution in [0.25, 0.3) is 0 Å². The maximum Gasteiger partial charge on any atom is 0.416 e. The van der Waals surface area contributed by atoms with Gasteiger partial charge in [0.1, 0.15) is 17.7 Å². The third-order valence-electron chi connectivity index (χ3n) is 5.46. The Labute approximate surface area is 161 Å². The van der Waals surface area contributed by atoms with E-state index in [1.807, 2.05) is 24.1 Å². The van der Waals surface area contributed by atoms with Crippen LogP contribution in [0.5, 0.6) is 0 Å². The number of anilines is 2. The smallest absolute Gasteiger partial charge is 0.368 e.